The van der Waals surface area contributed by atoms with Crippen LogP contribution in [0.1, 0.15) is 45.4 Å². The number of nitrogens with zero attached hydrogens (tertiary/aromatic N) is 2. The molecule has 0 bridgehead atoms. The van der Waals surface area contributed by atoms with Crippen LogP contribution in [0.3, 0.4) is 0 Å². The highest BCUT2D eigenvalue weighted by atomic mass is 19.1. The molecule has 1 aliphatic heterocycles. The lowest BCUT2D eigenvalue weighted by Crippen LogP contribution is -2.42. The van der Waals surface area contributed by atoms with Crippen LogP contribution in [0.2, 0.25) is 0 Å². The van der Waals surface area contributed by atoms with Crippen LogP contribution >= 0.6 is 0 Å². The number of anilines is 2. The van der Waals surface area contributed by atoms with E-state index in [0.717, 1.165) is 51.7 Å². The quantitative estimate of drug-likeness (QED) is 0.421. The minimum Gasteiger partial charge on any atom is -0.383 e. The molecule has 0 spiro atoms. The van der Waals surface area contributed by atoms with E-state index in [9.17, 15) is 8.78 Å². The zero-order valence-electron chi connectivity index (χ0n) is 20.7. The average molecular weight is 490 g/mol. The van der Waals surface area contributed by atoms with Gasteiger partial charge in [0.1, 0.15) is 11.6 Å². The highest BCUT2D eigenvalue weighted by Crippen LogP contribution is 2.29. The van der Waals surface area contributed by atoms with Crippen LogP contribution in [0.5, 0.6) is 0 Å². The van der Waals surface area contributed by atoms with Gasteiger partial charge < -0.3 is 25.4 Å². The summed E-state index contributed by atoms with van der Waals surface area (Å²) in [5, 5.41) is 10.2. The van der Waals surface area contributed by atoms with Crippen molar-refractivity contribution >= 4 is 11.5 Å². The summed E-state index contributed by atoms with van der Waals surface area (Å²) in [6, 6.07) is 4.41. The number of nitrogens with one attached hydrogen (secondary N) is 3. The summed E-state index contributed by atoms with van der Waals surface area (Å²) >= 11 is 0. The Morgan fingerprint density at radius 1 is 1.03 bits per heavy atom. The lowest BCUT2D eigenvalue weighted by Gasteiger charge is -2.31. The topological polar surface area (TPSA) is 80.3 Å². The van der Waals surface area contributed by atoms with Crippen molar-refractivity contribution in [1.29, 1.82) is 0 Å². The van der Waals surface area contributed by atoms with Gasteiger partial charge in [-0.2, -0.15) is 4.39 Å². The second-order valence-corrected chi connectivity index (χ2v) is 9.76. The Bertz CT molecular complexity index is 949. The SMILES string of the molecule is COC[C@H](C)NC1CCC(Nc2cc(-c3cnc(F)c(NCC4CCOCC4)c3)c(F)cn2)CC1. The average Bonchev–Trinajstić information content (AvgIpc) is 2.87. The number of hydrogen-bond donors (Lipinski definition) is 3. The first-order chi connectivity index (χ1) is 17.0. The van der Waals surface area contributed by atoms with Crippen LogP contribution in [0.25, 0.3) is 11.1 Å². The Morgan fingerprint density at radius 3 is 2.51 bits per heavy atom. The number of ether oxygens (including phenoxy) is 2. The fourth-order valence-corrected chi connectivity index (χ4v) is 4.98. The third-order valence-electron chi connectivity index (χ3n) is 6.94. The molecule has 4 rings (SSSR count). The summed E-state index contributed by atoms with van der Waals surface area (Å²) in [5.74, 6) is -0.00136. The van der Waals surface area contributed by atoms with Crippen molar-refractivity contribution in [2.75, 3.05) is 44.1 Å². The summed E-state index contributed by atoms with van der Waals surface area (Å²) < 4.78 is 39.7. The number of pyridine rings is 2. The Hall–Kier alpha value is -2.36. The van der Waals surface area contributed by atoms with Crippen LogP contribution in [-0.4, -0.2) is 61.6 Å². The van der Waals surface area contributed by atoms with E-state index in [-0.39, 0.29) is 11.7 Å². The van der Waals surface area contributed by atoms with Gasteiger partial charge in [-0.15, -0.1) is 0 Å². The predicted molar refractivity (Wildman–Crippen MR) is 134 cm³/mol. The molecule has 0 aromatic carbocycles. The summed E-state index contributed by atoms with van der Waals surface area (Å²) in [6.45, 7) is 4.94. The van der Waals surface area contributed by atoms with Gasteiger partial charge >= 0.3 is 0 Å². The minimum absolute atomic E-state index is 0.277. The summed E-state index contributed by atoms with van der Waals surface area (Å²) in [7, 11) is 1.72. The largest absolute Gasteiger partial charge is 0.383 e. The minimum atomic E-state index is -0.584. The van der Waals surface area contributed by atoms with Gasteiger partial charge in [0, 0.05) is 62.3 Å². The van der Waals surface area contributed by atoms with Crippen molar-refractivity contribution in [2.24, 2.45) is 5.92 Å². The second kappa shape index (κ2) is 12.6. The zero-order valence-corrected chi connectivity index (χ0v) is 20.7. The first-order valence-corrected chi connectivity index (χ1v) is 12.7. The van der Waals surface area contributed by atoms with E-state index in [0.29, 0.717) is 48.1 Å². The van der Waals surface area contributed by atoms with Crippen LogP contribution in [-0.2, 0) is 9.47 Å². The maximum absolute atomic E-state index is 14.7. The van der Waals surface area contributed by atoms with Gasteiger partial charge in [0.2, 0.25) is 5.95 Å². The van der Waals surface area contributed by atoms with Gasteiger partial charge in [-0.05, 0) is 63.5 Å². The number of aromatic nitrogens is 2. The Morgan fingerprint density at radius 2 is 1.77 bits per heavy atom. The normalized spacial score (nSPS) is 22.1. The van der Waals surface area contributed by atoms with E-state index in [1.807, 2.05) is 0 Å². The van der Waals surface area contributed by atoms with Crippen molar-refractivity contribution < 1.29 is 18.3 Å². The molecule has 3 N–H and O–H groups in total. The molecule has 1 saturated heterocycles. The fraction of sp³-hybridized carbons (Fsp3) is 0.615. The molecule has 2 aromatic rings. The molecule has 0 amide bonds. The van der Waals surface area contributed by atoms with E-state index >= 15 is 0 Å². The van der Waals surface area contributed by atoms with E-state index < -0.39 is 11.8 Å². The van der Waals surface area contributed by atoms with Crippen molar-refractivity contribution in [3.8, 4) is 11.1 Å². The molecule has 1 aliphatic carbocycles. The highest BCUT2D eigenvalue weighted by Gasteiger charge is 2.23. The van der Waals surface area contributed by atoms with E-state index in [2.05, 4.69) is 32.8 Å². The monoisotopic (exact) mass is 489 g/mol. The smallest absolute Gasteiger partial charge is 0.236 e. The van der Waals surface area contributed by atoms with Crippen molar-refractivity contribution in [2.45, 2.75) is 63.6 Å². The van der Waals surface area contributed by atoms with E-state index in [1.54, 1.807) is 19.2 Å². The van der Waals surface area contributed by atoms with Crippen LogP contribution in [0, 0.1) is 17.7 Å². The molecule has 35 heavy (non-hydrogen) atoms. The third-order valence-corrected chi connectivity index (χ3v) is 6.94. The van der Waals surface area contributed by atoms with Gasteiger partial charge in [0.05, 0.1) is 18.5 Å². The third kappa shape index (κ3) is 7.32. The van der Waals surface area contributed by atoms with Crippen LogP contribution < -0.4 is 16.0 Å². The maximum Gasteiger partial charge on any atom is 0.236 e. The molecule has 1 atom stereocenters. The molecule has 0 unspecified atom stereocenters. The number of rotatable bonds is 10. The van der Waals surface area contributed by atoms with Gasteiger partial charge in [-0.25, -0.2) is 14.4 Å². The number of halogens is 2. The van der Waals surface area contributed by atoms with Crippen molar-refractivity contribution in [3.05, 3.63) is 36.3 Å². The Labute approximate surface area is 206 Å². The Balaban J connectivity index is 1.37. The predicted octanol–water partition coefficient (Wildman–Crippen LogP) is 4.61. The lowest BCUT2D eigenvalue weighted by atomic mass is 9.90. The van der Waals surface area contributed by atoms with Crippen LogP contribution in [0.4, 0.5) is 20.3 Å². The second-order valence-electron chi connectivity index (χ2n) is 9.76. The molecular formula is C26H37F2N5O2. The molecule has 7 nitrogen and oxygen atoms in total. The molecule has 1 saturated carbocycles. The van der Waals surface area contributed by atoms with Crippen molar-refractivity contribution in [3.63, 3.8) is 0 Å². The first-order valence-electron chi connectivity index (χ1n) is 12.7. The summed E-state index contributed by atoms with van der Waals surface area (Å²) in [5.41, 5.74) is 1.16. The van der Waals surface area contributed by atoms with E-state index in [4.69, 9.17) is 9.47 Å². The molecule has 9 heteroatoms. The Kier molecular flexibility index (Phi) is 9.23. The fourth-order valence-electron chi connectivity index (χ4n) is 4.98. The summed E-state index contributed by atoms with van der Waals surface area (Å²) in [4.78, 5) is 8.12. The number of methoxy groups -OCH3 is 1. The first kappa shape index (κ1) is 25.7. The van der Waals surface area contributed by atoms with Crippen LogP contribution in [0.15, 0.2) is 24.5 Å². The molecular weight excluding hydrogens is 452 g/mol. The van der Waals surface area contributed by atoms with Crippen molar-refractivity contribution in [1.82, 2.24) is 15.3 Å². The van der Waals surface area contributed by atoms with E-state index in [1.165, 1.54) is 12.4 Å². The molecule has 3 heterocycles. The standard InChI is InChI=1S/C26H37F2N5O2/c1-17(16-34-2)32-20-3-5-21(6-4-20)33-25-12-22(23(27)15-30-25)19-11-24(26(28)31-14-19)29-13-18-7-9-35-10-8-18/h11-12,14-15,17-18,20-21,29,32H,3-10,13,16H2,1-2H3,(H,30,33)/t17-,20?,21?/m0/s1. The molecule has 2 fully saturated rings. The summed E-state index contributed by atoms with van der Waals surface area (Å²) in [6.07, 6.45) is 8.60. The van der Waals surface area contributed by atoms with Gasteiger partial charge in [-0.3, -0.25) is 0 Å². The van der Waals surface area contributed by atoms with Gasteiger partial charge in [-0.1, -0.05) is 0 Å². The zero-order chi connectivity index (χ0) is 24.6. The maximum atomic E-state index is 14.7. The molecule has 2 aliphatic rings. The van der Waals surface area contributed by atoms with Gasteiger partial charge in [0.25, 0.3) is 0 Å². The number of hydrogen-bond acceptors (Lipinski definition) is 7. The molecule has 0 radical (unpaired) electrons. The highest BCUT2D eigenvalue weighted by molar-refractivity contribution is 5.69. The molecule has 2 aromatic heterocycles. The molecule has 192 valence electrons. The lowest BCUT2D eigenvalue weighted by molar-refractivity contribution is 0.0699. The van der Waals surface area contributed by atoms with Gasteiger partial charge in [0.15, 0.2) is 0 Å².